The van der Waals surface area contributed by atoms with Crippen LogP contribution in [-0.4, -0.2) is 28.1 Å². The average Bonchev–Trinajstić information content (AvgIpc) is 2.97. The fourth-order valence-electron chi connectivity index (χ4n) is 4.35. The van der Waals surface area contributed by atoms with E-state index < -0.39 is 0 Å². The number of hydrogen-bond donors (Lipinski definition) is 0. The Labute approximate surface area is 192 Å². The predicted molar refractivity (Wildman–Crippen MR) is 130 cm³/mol. The maximum Gasteiger partial charge on any atom is 0.293 e. The van der Waals surface area contributed by atoms with Crippen molar-refractivity contribution < 1.29 is 9.59 Å². The Morgan fingerprint density at radius 1 is 1.13 bits per heavy atom. The first-order valence-corrected chi connectivity index (χ1v) is 11.5. The van der Waals surface area contributed by atoms with Crippen molar-refractivity contribution in [2.75, 3.05) is 11.4 Å². The SMILES string of the molecule is CCN1c2cc(Cl)c(/C=C3/SC(=O)N(Cc4ccccc4)C3=O)cc2C(C)=CC1(C)C. The molecule has 0 N–H and O–H groups in total. The van der Waals surface area contributed by atoms with Crippen LogP contribution in [0.1, 0.15) is 44.4 Å². The zero-order chi connectivity index (χ0) is 22.3. The fraction of sp³-hybridized carbons (Fsp3) is 0.280. The third kappa shape index (κ3) is 4.04. The molecule has 0 aromatic heterocycles. The Balaban J connectivity index is 1.68. The number of anilines is 1. The van der Waals surface area contributed by atoms with E-state index in [1.807, 2.05) is 42.5 Å². The predicted octanol–water partition coefficient (Wildman–Crippen LogP) is 6.60. The molecule has 2 amide bonds. The zero-order valence-electron chi connectivity index (χ0n) is 18.1. The minimum Gasteiger partial charge on any atom is -0.363 e. The van der Waals surface area contributed by atoms with Gasteiger partial charge >= 0.3 is 0 Å². The summed E-state index contributed by atoms with van der Waals surface area (Å²) < 4.78 is 0. The molecule has 0 radical (unpaired) electrons. The number of rotatable bonds is 4. The lowest BCUT2D eigenvalue weighted by Gasteiger charge is -2.43. The highest BCUT2D eigenvalue weighted by Crippen LogP contribution is 2.42. The number of thioether (sulfide) groups is 1. The minimum absolute atomic E-state index is 0.100. The first-order chi connectivity index (χ1) is 14.7. The second-order valence-electron chi connectivity index (χ2n) is 8.37. The highest BCUT2D eigenvalue weighted by molar-refractivity contribution is 8.18. The summed E-state index contributed by atoms with van der Waals surface area (Å²) in [6.07, 6.45) is 3.99. The molecule has 0 spiro atoms. The van der Waals surface area contributed by atoms with Gasteiger partial charge in [-0.25, -0.2) is 0 Å². The Hall–Kier alpha value is -2.50. The number of likely N-dealkylation sites (N-methyl/N-ethyl adjacent to an activating group) is 1. The Morgan fingerprint density at radius 2 is 1.84 bits per heavy atom. The number of hydrogen-bond acceptors (Lipinski definition) is 4. The van der Waals surface area contributed by atoms with E-state index in [1.54, 1.807) is 6.08 Å². The molecule has 2 aromatic carbocycles. The third-order valence-corrected chi connectivity index (χ3v) is 6.99. The number of imide groups is 1. The third-order valence-electron chi connectivity index (χ3n) is 5.76. The lowest BCUT2D eigenvalue weighted by molar-refractivity contribution is -0.123. The summed E-state index contributed by atoms with van der Waals surface area (Å²) in [5.74, 6) is -0.281. The highest BCUT2D eigenvalue weighted by atomic mass is 35.5. The van der Waals surface area contributed by atoms with Crippen molar-refractivity contribution in [3.8, 4) is 0 Å². The molecular formula is C25H25ClN2O2S. The lowest BCUT2D eigenvalue weighted by Crippen LogP contribution is -2.44. The van der Waals surface area contributed by atoms with Crippen LogP contribution in [-0.2, 0) is 11.3 Å². The van der Waals surface area contributed by atoms with Crippen LogP contribution in [0.2, 0.25) is 5.02 Å². The van der Waals surface area contributed by atoms with E-state index in [0.717, 1.165) is 40.7 Å². The number of carbonyl (C=O) groups excluding carboxylic acids is 2. The Morgan fingerprint density at radius 3 is 2.52 bits per heavy atom. The molecule has 4 nitrogen and oxygen atoms in total. The van der Waals surface area contributed by atoms with Crippen molar-refractivity contribution in [1.82, 2.24) is 4.90 Å². The number of halogens is 1. The van der Waals surface area contributed by atoms with Crippen LogP contribution < -0.4 is 4.90 Å². The van der Waals surface area contributed by atoms with E-state index in [9.17, 15) is 9.59 Å². The number of allylic oxidation sites excluding steroid dienone is 1. The van der Waals surface area contributed by atoms with E-state index in [-0.39, 0.29) is 23.2 Å². The molecule has 160 valence electrons. The molecule has 0 bridgehead atoms. The first kappa shape index (κ1) is 21.7. The van der Waals surface area contributed by atoms with Crippen LogP contribution in [0.3, 0.4) is 0 Å². The van der Waals surface area contributed by atoms with Gasteiger partial charge in [0.15, 0.2) is 0 Å². The molecule has 2 heterocycles. The molecule has 4 rings (SSSR count). The maximum absolute atomic E-state index is 12.9. The van der Waals surface area contributed by atoms with Gasteiger partial charge in [-0.3, -0.25) is 14.5 Å². The van der Waals surface area contributed by atoms with Crippen LogP contribution >= 0.6 is 23.4 Å². The zero-order valence-corrected chi connectivity index (χ0v) is 19.7. The van der Waals surface area contributed by atoms with Gasteiger partial charge in [0.25, 0.3) is 11.1 Å². The monoisotopic (exact) mass is 452 g/mol. The molecule has 31 heavy (non-hydrogen) atoms. The van der Waals surface area contributed by atoms with Crippen LogP contribution in [0.15, 0.2) is 53.4 Å². The summed E-state index contributed by atoms with van der Waals surface area (Å²) in [5, 5.41) is 0.307. The molecule has 2 aromatic rings. The van der Waals surface area contributed by atoms with Gasteiger partial charge in [-0.15, -0.1) is 0 Å². The van der Waals surface area contributed by atoms with E-state index >= 15 is 0 Å². The summed E-state index contributed by atoms with van der Waals surface area (Å²) in [4.78, 5) is 29.4. The maximum atomic E-state index is 12.9. The van der Waals surface area contributed by atoms with Gasteiger partial charge in [0.1, 0.15) is 0 Å². The van der Waals surface area contributed by atoms with E-state index in [0.29, 0.717) is 9.93 Å². The second-order valence-corrected chi connectivity index (χ2v) is 9.77. The van der Waals surface area contributed by atoms with Gasteiger partial charge in [0.05, 0.1) is 17.0 Å². The van der Waals surface area contributed by atoms with Gasteiger partial charge in [0, 0.05) is 22.8 Å². The van der Waals surface area contributed by atoms with E-state index in [1.165, 1.54) is 10.5 Å². The van der Waals surface area contributed by atoms with E-state index in [2.05, 4.69) is 38.7 Å². The lowest BCUT2D eigenvalue weighted by atomic mass is 9.88. The van der Waals surface area contributed by atoms with Crippen LogP contribution in [0.25, 0.3) is 11.6 Å². The fourth-order valence-corrected chi connectivity index (χ4v) is 5.39. The van der Waals surface area contributed by atoms with Crippen molar-refractivity contribution in [3.63, 3.8) is 0 Å². The number of benzene rings is 2. The number of fused-ring (bicyclic) bond motifs is 1. The summed E-state index contributed by atoms with van der Waals surface area (Å²) in [6.45, 7) is 9.73. The smallest absolute Gasteiger partial charge is 0.293 e. The summed E-state index contributed by atoms with van der Waals surface area (Å²) in [5.41, 5.74) is 4.92. The molecule has 0 atom stereocenters. The Bertz CT molecular complexity index is 1120. The van der Waals surface area contributed by atoms with Gasteiger partial charge in [-0.2, -0.15) is 0 Å². The normalized spacial score (nSPS) is 19.1. The minimum atomic E-state index is -0.281. The van der Waals surface area contributed by atoms with Gasteiger partial charge < -0.3 is 4.90 Å². The van der Waals surface area contributed by atoms with Gasteiger partial charge in [-0.05, 0) is 74.4 Å². The van der Waals surface area contributed by atoms with Crippen molar-refractivity contribution in [3.05, 3.63) is 75.2 Å². The summed E-state index contributed by atoms with van der Waals surface area (Å²) in [6, 6.07) is 13.5. The van der Waals surface area contributed by atoms with Gasteiger partial charge in [-0.1, -0.05) is 48.0 Å². The molecule has 2 aliphatic rings. The number of carbonyl (C=O) groups is 2. The standard InChI is InChI=1S/C25H25ClN2O2S/c1-5-28-21-13-20(26)18(11-19(21)16(2)14-25(28,3)4)12-22-23(29)27(24(30)31-22)15-17-9-7-6-8-10-17/h6-14H,5,15H2,1-4H3/b22-12+. The van der Waals surface area contributed by atoms with E-state index in [4.69, 9.17) is 11.6 Å². The quantitative estimate of drug-likeness (QED) is 0.490. The summed E-state index contributed by atoms with van der Waals surface area (Å²) in [7, 11) is 0. The van der Waals surface area contributed by atoms with Crippen molar-refractivity contribution in [2.24, 2.45) is 0 Å². The largest absolute Gasteiger partial charge is 0.363 e. The molecule has 0 aliphatic carbocycles. The van der Waals surface area contributed by atoms with Crippen molar-refractivity contribution in [2.45, 2.75) is 39.8 Å². The first-order valence-electron chi connectivity index (χ1n) is 10.3. The van der Waals surface area contributed by atoms with Gasteiger partial charge in [0.2, 0.25) is 0 Å². The molecular weight excluding hydrogens is 428 g/mol. The summed E-state index contributed by atoms with van der Waals surface area (Å²) >= 11 is 7.61. The number of nitrogens with zero attached hydrogens (tertiary/aromatic N) is 2. The topological polar surface area (TPSA) is 40.6 Å². The second kappa shape index (κ2) is 8.21. The highest BCUT2D eigenvalue weighted by Gasteiger charge is 2.35. The van der Waals surface area contributed by atoms with Crippen LogP contribution in [0.5, 0.6) is 0 Å². The molecule has 0 saturated carbocycles. The molecule has 0 unspecified atom stereocenters. The van der Waals surface area contributed by atoms with Crippen LogP contribution in [0.4, 0.5) is 10.5 Å². The molecule has 6 heteroatoms. The molecule has 2 aliphatic heterocycles. The molecule has 1 fully saturated rings. The molecule has 1 saturated heterocycles. The Kier molecular flexibility index (Phi) is 5.75. The van der Waals surface area contributed by atoms with Crippen molar-refractivity contribution >= 4 is 51.8 Å². The van der Waals surface area contributed by atoms with Crippen LogP contribution in [0, 0.1) is 0 Å². The van der Waals surface area contributed by atoms with Crippen molar-refractivity contribution in [1.29, 1.82) is 0 Å². The average molecular weight is 453 g/mol. The number of amides is 2.